The van der Waals surface area contributed by atoms with E-state index < -0.39 is 10.0 Å². The average Bonchev–Trinajstić information content (AvgIpc) is 2.84. The second-order valence-electron chi connectivity index (χ2n) is 4.59. The van der Waals surface area contributed by atoms with E-state index in [0.29, 0.717) is 28.8 Å². The Morgan fingerprint density at radius 3 is 2.82 bits per heavy atom. The molecule has 2 rings (SSSR count). The Bertz CT molecular complexity index is 507. The molecule has 2 heterocycles. The zero-order chi connectivity index (χ0) is 12.6. The number of hydrogen-bond donors (Lipinski definition) is 1. The van der Waals surface area contributed by atoms with Crippen molar-refractivity contribution in [1.82, 2.24) is 4.31 Å². The number of nitrogens with zero attached hydrogens (tertiary/aromatic N) is 1. The van der Waals surface area contributed by atoms with Crippen molar-refractivity contribution in [3.63, 3.8) is 0 Å². The van der Waals surface area contributed by atoms with Crippen molar-refractivity contribution in [3.05, 3.63) is 15.8 Å². The highest BCUT2D eigenvalue weighted by Gasteiger charge is 2.33. The SMILES string of the molecule is Cc1csc(CO)c1S(=O)(=O)N1CCC(C)C1. The molecular weight excluding hydrogens is 258 g/mol. The van der Waals surface area contributed by atoms with Gasteiger partial charge in [0.1, 0.15) is 4.90 Å². The van der Waals surface area contributed by atoms with Crippen LogP contribution in [0.25, 0.3) is 0 Å². The van der Waals surface area contributed by atoms with Crippen molar-refractivity contribution in [1.29, 1.82) is 0 Å². The Labute approximate surface area is 106 Å². The summed E-state index contributed by atoms with van der Waals surface area (Å²) in [5.74, 6) is 0.418. The zero-order valence-corrected chi connectivity index (χ0v) is 11.6. The fourth-order valence-corrected chi connectivity index (χ4v) is 5.37. The summed E-state index contributed by atoms with van der Waals surface area (Å²) in [7, 11) is -3.42. The zero-order valence-electron chi connectivity index (χ0n) is 10.0. The van der Waals surface area contributed by atoms with Crippen LogP contribution in [0.5, 0.6) is 0 Å². The summed E-state index contributed by atoms with van der Waals surface area (Å²) in [5.41, 5.74) is 0.735. The van der Waals surface area contributed by atoms with Gasteiger partial charge in [0.05, 0.1) is 11.5 Å². The third-order valence-electron chi connectivity index (χ3n) is 3.12. The summed E-state index contributed by atoms with van der Waals surface area (Å²) in [6, 6.07) is 0. The van der Waals surface area contributed by atoms with E-state index in [-0.39, 0.29) is 6.61 Å². The molecule has 1 aromatic rings. The quantitative estimate of drug-likeness (QED) is 0.911. The second kappa shape index (κ2) is 4.68. The molecule has 1 atom stereocenters. The number of thiophene rings is 1. The lowest BCUT2D eigenvalue weighted by molar-refractivity contribution is 0.282. The van der Waals surface area contributed by atoms with E-state index >= 15 is 0 Å². The number of aliphatic hydroxyl groups is 1. The maximum Gasteiger partial charge on any atom is 0.244 e. The van der Waals surface area contributed by atoms with Crippen molar-refractivity contribution < 1.29 is 13.5 Å². The summed E-state index contributed by atoms with van der Waals surface area (Å²) < 4.78 is 26.5. The van der Waals surface area contributed by atoms with Gasteiger partial charge in [-0.2, -0.15) is 4.31 Å². The number of hydrogen-bond acceptors (Lipinski definition) is 4. The average molecular weight is 275 g/mol. The van der Waals surface area contributed by atoms with Crippen molar-refractivity contribution in [3.8, 4) is 0 Å². The largest absolute Gasteiger partial charge is 0.391 e. The molecule has 0 aliphatic carbocycles. The van der Waals surface area contributed by atoms with E-state index in [4.69, 9.17) is 0 Å². The molecule has 1 aliphatic rings. The molecule has 17 heavy (non-hydrogen) atoms. The van der Waals surface area contributed by atoms with E-state index in [2.05, 4.69) is 6.92 Å². The third-order valence-corrected chi connectivity index (χ3v) is 6.43. The molecule has 0 bridgehead atoms. The van der Waals surface area contributed by atoms with Crippen LogP contribution >= 0.6 is 11.3 Å². The maximum absolute atomic E-state index is 12.5. The molecule has 0 saturated carbocycles. The predicted octanol–water partition coefficient (Wildman–Crippen LogP) is 1.58. The lowest BCUT2D eigenvalue weighted by Crippen LogP contribution is -2.29. The van der Waals surface area contributed by atoms with Crippen LogP contribution in [-0.2, 0) is 16.6 Å². The lowest BCUT2D eigenvalue weighted by Gasteiger charge is -2.17. The highest BCUT2D eigenvalue weighted by Crippen LogP contribution is 2.32. The van der Waals surface area contributed by atoms with Gasteiger partial charge in [0.2, 0.25) is 10.0 Å². The van der Waals surface area contributed by atoms with Crippen LogP contribution in [0.2, 0.25) is 0 Å². The molecule has 1 N–H and O–H groups in total. The first-order chi connectivity index (χ1) is 7.96. The minimum absolute atomic E-state index is 0.212. The predicted molar refractivity (Wildman–Crippen MR) is 67.5 cm³/mol. The summed E-state index contributed by atoms with van der Waals surface area (Å²) in [5, 5.41) is 11.0. The van der Waals surface area contributed by atoms with Gasteiger partial charge in [0.25, 0.3) is 0 Å². The van der Waals surface area contributed by atoms with Gasteiger partial charge in [-0.15, -0.1) is 11.3 Å². The van der Waals surface area contributed by atoms with Crippen LogP contribution < -0.4 is 0 Å². The third kappa shape index (κ3) is 2.27. The number of aliphatic hydroxyl groups excluding tert-OH is 1. The lowest BCUT2D eigenvalue weighted by atomic mass is 10.2. The molecule has 1 aromatic heterocycles. The number of sulfonamides is 1. The van der Waals surface area contributed by atoms with Crippen molar-refractivity contribution in [2.45, 2.75) is 31.8 Å². The number of aryl methyl sites for hydroxylation is 1. The maximum atomic E-state index is 12.5. The van der Waals surface area contributed by atoms with E-state index in [1.807, 2.05) is 0 Å². The highest BCUT2D eigenvalue weighted by atomic mass is 32.2. The van der Waals surface area contributed by atoms with E-state index in [0.717, 1.165) is 12.0 Å². The van der Waals surface area contributed by atoms with E-state index in [1.54, 1.807) is 12.3 Å². The molecule has 1 fully saturated rings. The molecule has 6 heteroatoms. The van der Waals surface area contributed by atoms with Crippen LogP contribution in [0.1, 0.15) is 23.8 Å². The van der Waals surface area contributed by atoms with Crippen molar-refractivity contribution in [2.24, 2.45) is 5.92 Å². The molecule has 1 saturated heterocycles. The molecule has 0 aromatic carbocycles. The van der Waals surface area contributed by atoms with Crippen LogP contribution in [0.15, 0.2) is 10.3 Å². The highest BCUT2D eigenvalue weighted by molar-refractivity contribution is 7.89. The first kappa shape index (κ1) is 13.0. The molecule has 0 spiro atoms. The molecule has 96 valence electrons. The van der Waals surface area contributed by atoms with E-state index in [9.17, 15) is 13.5 Å². The van der Waals surface area contributed by atoms with Gasteiger partial charge in [-0.25, -0.2) is 8.42 Å². The minimum atomic E-state index is -3.42. The Morgan fingerprint density at radius 2 is 2.29 bits per heavy atom. The number of rotatable bonds is 3. The topological polar surface area (TPSA) is 57.6 Å². The normalized spacial score (nSPS) is 22.2. The molecule has 1 aliphatic heterocycles. The molecule has 1 unspecified atom stereocenters. The summed E-state index contributed by atoms with van der Waals surface area (Å²) in [6.07, 6.45) is 0.914. The van der Waals surface area contributed by atoms with Crippen LogP contribution in [0.4, 0.5) is 0 Å². The molecular formula is C11H17NO3S2. The smallest absolute Gasteiger partial charge is 0.244 e. The molecule has 0 amide bonds. The van der Waals surface area contributed by atoms with Gasteiger partial charge in [0, 0.05) is 13.1 Å². The Morgan fingerprint density at radius 1 is 1.59 bits per heavy atom. The van der Waals surface area contributed by atoms with Crippen molar-refractivity contribution in [2.75, 3.05) is 13.1 Å². The Kier molecular flexibility index (Phi) is 3.58. The summed E-state index contributed by atoms with van der Waals surface area (Å²) >= 11 is 1.31. The fraction of sp³-hybridized carbons (Fsp3) is 0.636. The van der Waals surface area contributed by atoms with Gasteiger partial charge in [-0.1, -0.05) is 6.92 Å². The summed E-state index contributed by atoms with van der Waals surface area (Å²) in [6.45, 7) is 4.80. The van der Waals surface area contributed by atoms with Gasteiger partial charge >= 0.3 is 0 Å². The first-order valence-electron chi connectivity index (χ1n) is 5.64. The molecule has 0 radical (unpaired) electrons. The van der Waals surface area contributed by atoms with Crippen LogP contribution in [-0.4, -0.2) is 30.9 Å². The fourth-order valence-electron chi connectivity index (χ4n) is 2.18. The Hall–Kier alpha value is -0.430. The van der Waals surface area contributed by atoms with Crippen molar-refractivity contribution >= 4 is 21.4 Å². The van der Waals surface area contributed by atoms with Gasteiger partial charge in [0.15, 0.2) is 0 Å². The minimum Gasteiger partial charge on any atom is -0.391 e. The standard InChI is InChI=1S/C11H17NO3S2/c1-8-3-4-12(5-8)17(14,15)11-9(2)7-16-10(11)6-13/h7-8,13H,3-6H2,1-2H3. The van der Waals surface area contributed by atoms with Gasteiger partial charge < -0.3 is 5.11 Å². The van der Waals surface area contributed by atoms with Crippen LogP contribution in [0, 0.1) is 12.8 Å². The van der Waals surface area contributed by atoms with Gasteiger partial charge in [-0.3, -0.25) is 0 Å². The van der Waals surface area contributed by atoms with E-state index in [1.165, 1.54) is 15.6 Å². The van der Waals surface area contributed by atoms with Gasteiger partial charge in [-0.05, 0) is 30.2 Å². The second-order valence-corrected chi connectivity index (χ2v) is 7.43. The van der Waals surface area contributed by atoms with Crippen LogP contribution in [0.3, 0.4) is 0 Å². The Balaban J connectivity index is 2.41. The monoisotopic (exact) mass is 275 g/mol. The first-order valence-corrected chi connectivity index (χ1v) is 7.96. The summed E-state index contributed by atoms with van der Waals surface area (Å²) in [4.78, 5) is 0.862. The molecule has 4 nitrogen and oxygen atoms in total.